The molecule has 146 valence electrons. The summed E-state index contributed by atoms with van der Waals surface area (Å²) >= 11 is 6.39. The number of aromatic amines is 1. The maximum Gasteiger partial charge on any atom is 0.228 e. The average Bonchev–Trinajstić information content (AvgIpc) is 3.13. The van der Waals surface area contributed by atoms with Crippen molar-refractivity contribution in [1.82, 2.24) is 9.97 Å². The van der Waals surface area contributed by atoms with Crippen LogP contribution in [0.25, 0.3) is 22.4 Å². The summed E-state index contributed by atoms with van der Waals surface area (Å²) < 4.78 is 5.27. The highest BCUT2D eigenvalue weighted by atomic mass is 35.5. The molecule has 0 unspecified atom stereocenters. The molecule has 0 saturated heterocycles. The zero-order valence-electron chi connectivity index (χ0n) is 16.1. The van der Waals surface area contributed by atoms with Crippen molar-refractivity contribution < 1.29 is 9.53 Å². The minimum atomic E-state index is -0.104. The van der Waals surface area contributed by atoms with E-state index in [1.54, 1.807) is 19.2 Å². The Labute approximate surface area is 173 Å². The Balaban J connectivity index is 1.54. The van der Waals surface area contributed by atoms with Crippen molar-refractivity contribution in [1.29, 1.82) is 0 Å². The molecule has 0 aliphatic heterocycles. The number of benzene rings is 3. The number of aryl methyl sites for hydroxylation is 1. The fourth-order valence-electron chi connectivity index (χ4n) is 3.31. The molecule has 0 aliphatic rings. The van der Waals surface area contributed by atoms with Gasteiger partial charge in [0.15, 0.2) is 0 Å². The van der Waals surface area contributed by atoms with Crippen molar-refractivity contribution in [3.63, 3.8) is 0 Å². The SMILES string of the molecule is COc1ccc(CC(=O)Nc2ccc(Cl)c(-c3nc4ccccc4[nH]3)c2)cc1C. The summed E-state index contributed by atoms with van der Waals surface area (Å²) in [5.41, 5.74) is 5.12. The number of fused-ring (bicyclic) bond motifs is 1. The number of hydrogen-bond donors (Lipinski definition) is 2. The standard InChI is InChI=1S/C23H20ClN3O2/c1-14-11-15(7-10-21(14)29-2)12-22(28)25-16-8-9-18(24)17(13-16)23-26-19-5-3-4-6-20(19)27-23/h3-11,13H,12H2,1-2H3,(H,25,28)(H,26,27). The number of ether oxygens (including phenoxy) is 1. The number of nitrogens with one attached hydrogen (secondary N) is 2. The molecule has 0 atom stereocenters. The van der Waals surface area contributed by atoms with E-state index < -0.39 is 0 Å². The predicted octanol–water partition coefficient (Wildman–Crippen LogP) is 5.38. The molecule has 0 bridgehead atoms. The first-order chi connectivity index (χ1) is 14.0. The number of carbonyl (C=O) groups excluding carboxylic acids is 1. The molecule has 0 saturated carbocycles. The summed E-state index contributed by atoms with van der Waals surface area (Å²) in [4.78, 5) is 20.4. The molecule has 2 N–H and O–H groups in total. The van der Waals surface area contributed by atoms with Gasteiger partial charge in [-0.15, -0.1) is 0 Å². The van der Waals surface area contributed by atoms with Crippen molar-refractivity contribution in [2.75, 3.05) is 12.4 Å². The largest absolute Gasteiger partial charge is 0.496 e. The fraction of sp³-hybridized carbons (Fsp3) is 0.130. The van der Waals surface area contributed by atoms with Gasteiger partial charge in [0, 0.05) is 11.3 Å². The van der Waals surface area contributed by atoms with E-state index in [1.165, 1.54) is 0 Å². The van der Waals surface area contributed by atoms with E-state index >= 15 is 0 Å². The number of carbonyl (C=O) groups is 1. The molecule has 1 amide bonds. The molecule has 29 heavy (non-hydrogen) atoms. The van der Waals surface area contributed by atoms with Gasteiger partial charge in [0.05, 0.1) is 29.6 Å². The molecule has 4 aromatic rings. The molecule has 3 aromatic carbocycles. The number of rotatable bonds is 5. The van der Waals surface area contributed by atoms with E-state index in [0.29, 0.717) is 16.5 Å². The lowest BCUT2D eigenvalue weighted by molar-refractivity contribution is -0.115. The maximum absolute atomic E-state index is 12.5. The van der Waals surface area contributed by atoms with Crippen molar-refractivity contribution in [2.24, 2.45) is 0 Å². The minimum absolute atomic E-state index is 0.104. The van der Waals surface area contributed by atoms with E-state index in [9.17, 15) is 4.79 Å². The van der Waals surface area contributed by atoms with Gasteiger partial charge in [-0.05, 0) is 54.4 Å². The first-order valence-corrected chi connectivity index (χ1v) is 9.59. The van der Waals surface area contributed by atoms with Crippen LogP contribution in [0, 0.1) is 6.92 Å². The average molecular weight is 406 g/mol. The number of hydrogen-bond acceptors (Lipinski definition) is 3. The van der Waals surface area contributed by atoms with Gasteiger partial charge in [-0.1, -0.05) is 35.9 Å². The van der Waals surface area contributed by atoms with Crippen LogP contribution in [-0.2, 0) is 11.2 Å². The number of aromatic nitrogens is 2. The van der Waals surface area contributed by atoms with Gasteiger partial charge in [0.2, 0.25) is 5.91 Å². The third kappa shape index (κ3) is 4.10. The number of methoxy groups -OCH3 is 1. The van der Waals surface area contributed by atoms with Crippen molar-refractivity contribution in [3.8, 4) is 17.1 Å². The van der Waals surface area contributed by atoms with Crippen LogP contribution in [-0.4, -0.2) is 23.0 Å². The Kier molecular flexibility index (Phi) is 5.23. The second-order valence-electron chi connectivity index (χ2n) is 6.83. The molecule has 5 nitrogen and oxygen atoms in total. The number of nitrogens with zero attached hydrogens (tertiary/aromatic N) is 1. The van der Waals surface area contributed by atoms with E-state index in [2.05, 4.69) is 15.3 Å². The highest BCUT2D eigenvalue weighted by Gasteiger charge is 2.12. The quantitative estimate of drug-likeness (QED) is 0.468. The van der Waals surface area contributed by atoms with Crippen LogP contribution in [0.1, 0.15) is 11.1 Å². The van der Waals surface area contributed by atoms with Crippen molar-refractivity contribution in [3.05, 3.63) is 76.8 Å². The molecule has 0 spiro atoms. The van der Waals surface area contributed by atoms with Gasteiger partial charge in [0.1, 0.15) is 11.6 Å². The van der Waals surface area contributed by atoms with E-state index in [1.807, 2.05) is 55.5 Å². The lowest BCUT2D eigenvalue weighted by atomic mass is 10.1. The van der Waals surface area contributed by atoms with Crippen LogP contribution >= 0.6 is 11.6 Å². The molecule has 0 fully saturated rings. The summed E-state index contributed by atoms with van der Waals surface area (Å²) in [6.45, 7) is 1.96. The Bertz CT molecular complexity index is 1170. The highest BCUT2D eigenvalue weighted by molar-refractivity contribution is 6.33. The number of H-pyrrole nitrogens is 1. The fourth-order valence-corrected chi connectivity index (χ4v) is 3.51. The van der Waals surface area contributed by atoms with Gasteiger partial charge >= 0.3 is 0 Å². The Morgan fingerprint density at radius 1 is 1.14 bits per heavy atom. The molecule has 1 heterocycles. The van der Waals surface area contributed by atoms with Crippen molar-refractivity contribution in [2.45, 2.75) is 13.3 Å². The molecule has 1 aromatic heterocycles. The Morgan fingerprint density at radius 2 is 1.97 bits per heavy atom. The number of anilines is 1. The second kappa shape index (κ2) is 7.97. The molecule has 6 heteroatoms. The normalized spacial score (nSPS) is 10.9. The summed E-state index contributed by atoms with van der Waals surface area (Å²) in [5.74, 6) is 1.37. The zero-order chi connectivity index (χ0) is 20.4. The summed E-state index contributed by atoms with van der Waals surface area (Å²) in [6, 6.07) is 18.9. The number of imidazole rings is 1. The summed E-state index contributed by atoms with van der Waals surface area (Å²) in [5, 5.41) is 3.50. The van der Waals surface area contributed by atoms with Crippen LogP contribution in [0.15, 0.2) is 60.7 Å². The van der Waals surface area contributed by atoms with Crippen LogP contribution in [0.3, 0.4) is 0 Å². The van der Waals surface area contributed by atoms with Gasteiger partial charge in [-0.25, -0.2) is 4.98 Å². The Morgan fingerprint density at radius 3 is 2.72 bits per heavy atom. The van der Waals surface area contributed by atoms with Crippen LogP contribution < -0.4 is 10.1 Å². The molecular formula is C23H20ClN3O2. The predicted molar refractivity (Wildman–Crippen MR) is 117 cm³/mol. The molecule has 0 aliphatic carbocycles. The Hall–Kier alpha value is -3.31. The second-order valence-corrected chi connectivity index (χ2v) is 7.23. The van der Waals surface area contributed by atoms with E-state index in [0.717, 1.165) is 33.5 Å². The zero-order valence-corrected chi connectivity index (χ0v) is 16.9. The van der Waals surface area contributed by atoms with Crippen LogP contribution in [0.4, 0.5) is 5.69 Å². The molecule has 0 radical (unpaired) electrons. The maximum atomic E-state index is 12.5. The first kappa shape index (κ1) is 19.0. The lowest BCUT2D eigenvalue weighted by Crippen LogP contribution is -2.14. The number of amides is 1. The van der Waals surface area contributed by atoms with Crippen LogP contribution in [0.5, 0.6) is 5.75 Å². The van der Waals surface area contributed by atoms with Gasteiger partial charge < -0.3 is 15.0 Å². The summed E-state index contributed by atoms with van der Waals surface area (Å²) in [7, 11) is 1.63. The highest BCUT2D eigenvalue weighted by Crippen LogP contribution is 2.30. The van der Waals surface area contributed by atoms with Crippen molar-refractivity contribution >= 4 is 34.2 Å². The van der Waals surface area contributed by atoms with Crippen LogP contribution in [0.2, 0.25) is 5.02 Å². The summed E-state index contributed by atoms with van der Waals surface area (Å²) in [6.07, 6.45) is 0.271. The first-order valence-electron chi connectivity index (χ1n) is 9.21. The number of para-hydroxylation sites is 2. The van der Waals surface area contributed by atoms with Gasteiger partial charge in [0.25, 0.3) is 0 Å². The third-order valence-corrected chi connectivity index (χ3v) is 5.05. The topological polar surface area (TPSA) is 67.0 Å². The third-order valence-electron chi connectivity index (χ3n) is 4.72. The number of halogens is 1. The molecule has 4 rings (SSSR count). The molecular weight excluding hydrogens is 386 g/mol. The van der Waals surface area contributed by atoms with E-state index in [4.69, 9.17) is 16.3 Å². The monoisotopic (exact) mass is 405 g/mol. The lowest BCUT2D eigenvalue weighted by Gasteiger charge is -2.10. The van der Waals surface area contributed by atoms with Gasteiger partial charge in [-0.2, -0.15) is 0 Å². The van der Waals surface area contributed by atoms with Gasteiger partial charge in [-0.3, -0.25) is 4.79 Å². The smallest absolute Gasteiger partial charge is 0.228 e. The van der Waals surface area contributed by atoms with E-state index in [-0.39, 0.29) is 12.3 Å². The minimum Gasteiger partial charge on any atom is -0.496 e.